The normalized spacial score (nSPS) is 25.7. The Morgan fingerprint density at radius 2 is 2.17 bits per heavy atom. The summed E-state index contributed by atoms with van der Waals surface area (Å²) in [5, 5.41) is 9.67. The third-order valence-corrected chi connectivity index (χ3v) is 3.54. The lowest BCUT2D eigenvalue weighted by molar-refractivity contribution is -0.157. The van der Waals surface area contributed by atoms with Gasteiger partial charge in [-0.1, -0.05) is 19.4 Å². The molecule has 7 heteroatoms. The van der Waals surface area contributed by atoms with Crippen molar-refractivity contribution in [2.75, 3.05) is 6.67 Å². The molecule has 0 aromatic rings. The predicted octanol–water partition coefficient (Wildman–Crippen LogP) is 3.51. The minimum atomic E-state index is -3.51. The molecule has 1 aliphatic carbocycles. The minimum Gasteiger partial charge on any atom is -0.465 e. The van der Waals surface area contributed by atoms with Crippen LogP contribution in [0.3, 0.4) is 0 Å². The molecule has 4 nitrogen and oxygen atoms in total. The van der Waals surface area contributed by atoms with Crippen molar-refractivity contribution in [3.05, 3.63) is 24.0 Å². The van der Waals surface area contributed by atoms with Gasteiger partial charge < -0.3 is 14.6 Å². The molecule has 23 heavy (non-hydrogen) atoms. The van der Waals surface area contributed by atoms with E-state index >= 15 is 0 Å². The lowest BCUT2D eigenvalue weighted by Gasteiger charge is -2.37. The number of hydrogen-bond donors (Lipinski definition) is 1. The van der Waals surface area contributed by atoms with Crippen molar-refractivity contribution >= 4 is 5.97 Å². The van der Waals surface area contributed by atoms with E-state index in [1.165, 1.54) is 25.2 Å². The second-order valence-corrected chi connectivity index (χ2v) is 5.84. The highest BCUT2D eigenvalue weighted by atomic mass is 19.3. The molecule has 0 radical (unpaired) electrons. The van der Waals surface area contributed by atoms with Crippen molar-refractivity contribution < 1.29 is 32.5 Å². The molecule has 0 aromatic heterocycles. The van der Waals surface area contributed by atoms with Gasteiger partial charge in [0.1, 0.15) is 11.4 Å². The first kappa shape index (κ1) is 19.5. The maximum atomic E-state index is 13.4. The fourth-order valence-corrected chi connectivity index (χ4v) is 2.44. The Hall–Kier alpha value is -1.50. The summed E-state index contributed by atoms with van der Waals surface area (Å²) in [5.74, 6) is -4.85. The molecular formula is C16H23F3O4. The maximum Gasteiger partial charge on any atom is 0.303 e. The van der Waals surface area contributed by atoms with E-state index in [-0.39, 0.29) is 5.76 Å². The van der Waals surface area contributed by atoms with Crippen LogP contribution in [0.2, 0.25) is 0 Å². The van der Waals surface area contributed by atoms with Gasteiger partial charge in [0.2, 0.25) is 0 Å². The molecule has 132 valence electrons. The lowest BCUT2D eigenvalue weighted by Crippen LogP contribution is -2.42. The van der Waals surface area contributed by atoms with Crippen molar-refractivity contribution in [3.63, 3.8) is 0 Å². The summed E-state index contributed by atoms with van der Waals surface area (Å²) in [6, 6.07) is 0. The van der Waals surface area contributed by atoms with Crippen LogP contribution in [0.1, 0.15) is 40.0 Å². The zero-order valence-electron chi connectivity index (χ0n) is 13.5. The lowest BCUT2D eigenvalue weighted by atomic mass is 9.80. The van der Waals surface area contributed by atoms with Crippen molar-refractivity contribution in [3.8, 4) is 0 Å². The summed E-state index contributed by atoms with van der Waals surface area (Å²) >= 11 is 0. The van der Waals surface area contributed by atoms with E-state index in [1.54, 1.807) is 0 Å². The molecule has 1 unspecified atom stereocenters. The summed E-state index contributed by atoms with van der Waals surface area (Å²) in [7, 11) is 0. The van der Waals surface area contributed by atoms with Crippen LogP contribution >= 0.6 is 0 Å². The van der Waals surface area contributed by atoms with Crippen molar-refractivity contribution in [1.82, 2.24) is 0 Å². The number of halogens is 3. The number of ether oxygens (including phenoxy) is 2. The monoisotopic (exact) mass is 336 g/mol. The van der Waals surface area contributed by atoms with Gasteiger partial charge >= 0.3 is 5.97 Å². The first-order valence-electron chi connectivity index (χ1n) is 7.51. The zero-order chi connectivity index (χ0) is 17.7. The Kier molecular flexibility index (Phi) is 6.68. The van der Waals surface area contributed by atoms with Crippen LogP contribution in [0.25, 0.3) is 0 Å². The van der Waals surface area contributed by atoms with Gasteiger partial charge in [0.15, 0.2) is 13.0 Å². The van der Waals surface area contributed by atoms with E-state index in [4.69, 9.17) is 9.47 Å². The highest BCUT2D eigenvalue weighted by Crippen LogP contribution is 2.38. The van der Waals surface area contributed by atoms with E-state index < -0.39 is 42.8 Å². The molecule has 1 rings (SSSR count). The van der Waals surface area contributed by atoms with Crippen LogP contribution in [0.15, 0.2) is 24.0 Å². The SMILES string of the molecule is CCC[C@H](O)OC1=C[C@@](C)(OC(C)=O)C(CC(F)(F)CF)C=C1. The highest BCUT2D eigenvalue weighted by molar-refractivity contribution is 5.67. The van der Waals surface area contributed by atoms with E-state index in [1.807, 2.05) is 6.92 Å². The summed E-state index contributed by atoms with van der Waals surface area (Å²) < 4.78 is 49.6. The number of esters is 1. The molecule has 0 spiro atoms. The van der Waals surface area contributed by atoms with Gasteiger partial charge in [0, 0.05) is 31.8 Å². The average molecular weight is 336 g/mol. The molecule has 0 saturated heterocycles. The van der Waals surface area contributed by atoms with Crippen LogP contribution in [0.4, 0.5) is 13.2 Å². The third-order valence-electron chi connectivity index (χ3n) is 3.54. The van der Waals surface area contributed by atoms with Gasteiger partial charge in [0.05, 0.1) is 0 Å². The quantitative estimate of drug-likeness (QED) is 0.544. The standard InChI is InChI=1S/C16H23F3O4/c1-4-5-14(21)22-13-7-6-12(8-16(18,19)10-17)15(3,9-13)23-11(2)20/h6-7,9,12,14,21H,4-5,8,10H2,1-3H3/t12?,14-,15-/m1/s1. The fraction of sp³-hybridized carbons (Fsp3) is 0.688. The van der Waals surface area contributed by atoms with Gasteiger partial charge in [-0.15, -0.1) is 0 Å². The first-order chi connectivity index (χ1) is 10.6. The molecule has 0 aliphatic heterocycles. The molecule has 0 saturated carbocycles. The van der Waals surface area contributed by atoms with E-state index in [9.17, 15) is 23.1 Å². The van der Waals surface area contributed by atoms with Crippen molar-refractivity contribution in [2.45, 2.75) is 57.8 Å². The topological polar surface area (TPSA) is 55.8 Å². The molecule has 3 atom stereocenters. The van der Waals surface area contributed by atoms with Gasteiger partial charge in [-0.3, -0.25) is 4.79 Å². The smallest absolute Gasteiger partial charge is 0.303 e. The number of aliphatic hydroxyl groups is 1. The van der Waals surface area contributed by atoms with Gasteiger partial charge in [-0.25, -0.2) is 13.2 Å². The Labute approximate surface area is 134 Å². The molecule has 0 fully saturated rings. The number of alkyl halides is 3. The zero-order valence-corrected chi connectivity index (χ0v) is 13.5. The maximum absolute atomic E-state index is 13.4. The molecular weight excluding hydrogens is 313 g/mol. The Morgan fingerprint density at radius 1 is 1.52 bits per heavy atom. The van der Waals surface area contributed by atoms with Crippen LogP contribution in [0, 0.1) is 5.92 Å². The van der Waals surface area contributed by atoms with Crippen molar-refractivity contribution in [1.29, 1.82) is 0 Å². The molecule has 0 bridgehead atoms. The van der Waals surface area contributed by atoms with Gasteiger partial charge in [0.25, 0.3) is 5.92 Å². The molecule has 0 heterocycles. The van der Waals surface area contributed by atoms with Crippen LogP contribution in [0.5, 0.6) is 0 Å². The third kappa shape index (κ3) is 5.89. The number of carbonyl (C=O) groups excluding carboxylic acids is 1. The Balaban J connectivity index is 2.97. The number of aliphatic hydroxyl groups excluding tert-OH is 1. The number of hydrogen-bond acceptors (Lipinski definition) is 4. The van der Waals surface area contributed by atoms with E-state index in [0.29, 0.717) is 12.8 Å². The van der Waals surface area contributed by atoms with E-state index in [2.05, 4.69) is 0 Å². The summed E-state index contributed by atoms with van der Waals surface area (Å²) in [4.78, 5) is 11.3. The largest absolute Gasteiger partial charge is 0.465 e. The fourth-order valence-electron chi connectivity index (χ4n) is 2.44. The molecule has 1 aliphatic rings. The van der Waals surface area contributed by atoms with Crippen molar-refractivity contribution in [2.24, 2.45) is 5.92 Å². The van der Waals surface area contributed by atoms with Gasteiger partial charge in [-0.2, -0.15) is 0 Å². The minimum absolute atomic E-state index is 0.217. The summed E-state index contributed by atoms with van der Waals surface area (Å²) in [6.07, 6.45) is 3.44. The van der Waals surface area contributed by atoms with Crippen LogP contribution in [-0.2, 0) is 14.3 Å². The molecule has 0 aromatic carbocycles. The number of allylic oxidation sites excluding steroid dienone is 1. The number of rotatable bonds is 8. The Bertz CT molecular complexity index is 476. The van der Waals surface area contributed by atoms with E-state index in [0.717, 1.165) is 6.92 Å². The second-order valence-electron chi connectivity index (χ2n) is 5.84. The Morgan fingerprint density at radius 3 is 2.70 bits per heavy atom. The molecule has 1 N–H and O–H groups in total. The van der Waals surface area contributed by atoms with Gasteiger partial charge in [-0.05, 0) is 13.0 Å². The first-order valence-corrected chi connectivity index (χ1v) is 7.51. The average Bonchev–Trinajstić information content (AvgIpc) is 2.41. The second kappa shape index (κ2) is 7.86. The van der Waals surface area contributed by atoms with Crippen LogP contribution < -0.4 is 0 Å². The summed E-state index contributed by atoms with van der Waals surface area (Å²) in [5.41, 5.74) is -1.40. The number of carbonyl (C=O) groups is 1. The highest BCUT2D eigenvalue weighted by Gasteiger charge is 2.43. The predicted molar refractivity (Wildman–Crippen MR) is 78.4 cm³/mol. The van der Waals surface area contributed by atoms with Crippen LogP contribution in [-0.4, -0.2) is 35.6 Å². The summed E-state index contributed by atoms with van der Waals surface area (Å²) in [6.45, 7) is 2.70. The molecule has 0 amide bonds.